The van der Waals surface area contributed by atoms with E-state index in [9.17, 15) is 14.0 Å². The number of nitrogens with one attached hydrogen (secondary N) is 2. The molecule has 1 saturated carbocycles. The summed E-state index contributed by atoms with van der Waals surface area (Å²) in [6.07, 6.45) is 2.95. The van der Waals surface area contributed by atoms with E-state index >= 15 is 0 Å². The molecule has 0 atom stereocenters. The number of aromatic carboxylic acids is 1. The van der Waals surface area contributed by atoms with Crippen molar-refractivity contribution >= 4 is 17.7 Å². The number of carbonyl (C=O) groups excluding carboxylic acids is 1. The molecule has 6 heteroatoms. The average Bonchev–Trinajstić information content (AvgIpc) is 2.26. The highest BCUT2D eigenvalue weighted by atomic mass is 19.1. The number of hydrogen-bond donors (Lipinski definition) is 3. The van der Waals surface area contributed by atoms with Gasteiger partial charge < -0.3 is 15.7 Å². The van der Waals surface area contributed by atoms with Crippen molar-refractivity contribution in [3.63, 3.8) is 0 Å². The van der Waals surface area contributed by atoms with E-state index in [1.54, 1.807) is 0 Å². The van der Waals surface area contributed by atoms with Gasteiger partial charge in [0.25, 0.3) is 0 Å². The van der Waals surface area contributed by atoms with E-state index in [2.05, 4.69) is 10.6 Å². The van der Waals surface area contributed by atoms with Crippen molar-refractivity contribution in [2.24, 2.45) is 0 Å². The zero-order chi connectivity index (χ0) is 13.1. The number of carboxylic acid groups (broad SMARTS) is 1. The number of carboxylic acids is 1. The Hall–Kier alpha value is -2.11. The molecular formula is C12H13FN2O3. The van der Waals surface area contributed by atoms with E-state index < -0.39 is 17.8 Å². The molecule has 5 nitrogen and oxygen atoms in total. The van der Waals surface area contributed by atoms with Crippen molar-refractivity contribution in [3.8, 4) is 0 Å². The number of carbonyl (C=O) groups is 2. The summed E-state index contributed by atoms with van der Waals surface area (Å²) < 4.78 is 12.9. The lowest BCUT2D eigenvalue weighted by Gasteiger charge is -2.26. The molecule has 3 N–H and O–H groups in total. The SMILES string of the molecule is O=C(Nc1ccc(F)cc1C(=O)O)NC1CCC1. The number of urea groups is 1. The molecule has 0 aromatic heterocycles. The third kappa shape index (κ3) is 2.77. The number of rotatable bonds is 3. The van der Waals surface area contributed by atoms with Crippen molar-refractivity contribution in [2.75, 3.05) is 5.32 Å². The highest BCUT2D eigenvalue weighted by molar-refractivity contribution is 6.00. The van der Waals surface area contributed by atoms with Crippen LogP contribution >= 0.6 is 0 Å². The Morgan fingerprint density at radius 2 is 2.06 bits per heavy atom. The van der Waals surface area contributed by atoms with Gasteiger partial charge in [-0.3, -0.25) is 0 Å². The van der Waals surface area contributed by atoms with Crippen molar-refractivity contribution in [2.45, 2.75) is 25.3 Å². The molecule has 1 aromatic rings. The van der Waals surface area contributed by atoms with Crippen LogP contribution in [-0.4, -0.2) is 23.1 Å². The van der Waals surface area contributed by atoms with E-state index in [0.29, 0.717) is 0 Å². The van der Waals surface area contributed by atoms with Gasteiger partial charge in [0.2, 0.25) is 0 Å². The number of halogens is 1. The fourth-order valence-corrected chi connectivity index (χ4v) is 1.70. The Kier molecular flexibility index (Phi) is 3.45. The Balaban J connectivity index is 2.07. The van der Waals surface area contributed by atoms with Crippen LogP contribution in [0.5, 0.6) is 0 Å². The van der Waals surface area contributed by atoms with E-state index in [4.69, 9.17) is 5.11 Å². The van der Waals surface area contributed by atoms with Gasteiger partial charge >= 0.3 is 12.0 Å². The molecule has 1 aromatic carbocycles. The standard InChI is InChI=1S/C12H13FN2O3/c13-7-4-5-10(9(6-7)11(16)17)15-12(18)14-8-2-1-3-8/h4-6,8H,1-3H2,(H,16,17)(H2,14,15,18). The molecule has 1 aliphatic rings. The van der Waals surface area contributed by atoms with Gasteiger partial charge in [-0.05, 0) is 37.5 Å². The second-order valence-electron chi connectivity index (χ2n) is 4.22. The second kappa shape index (κ2) is 5.03. The molecule has 18 heavy (non-hydrogen) atoms. The highest BCUT2D eigenvalue weighted by Crippen LogP contribution is 2.19. The van der Waals surface area contributed by atoms with Crippen LogP contribution in [0, 0.1) is 5.82 Å². The van der Waals surface area contributed by atoms with Crippen LogP contribution < -0.4 is 10.6 Å². The summed E-state index contributed by atoms with van der Waals surface area (Å²) in [7, 11) is 0. The van der Waals surface area contributed by atoms with Gasteiger partial charge in [-0.2, -0.15) is 0 Å². The molecule has 1 fully saturated rings. The molecular weight excluding hydrogens is 239 g/mol. The summed E-state index contributed by atoms with van der Waals surface area (Å²) >= 11 is 0. The Morgan fingerprint density at radius 3 is 2.61 bits per heavy atom. The molecule has 2 amide bonds. The minimum absolute atomic E-state index is 0.0840. The van der Waals surface area contributed by atoms with Crippen LogP contribution in [0.4, 0.5) is 14.9 Å². The van der Waals surface area contributed by atoms with Crippen LogP contribution in [0.15, 0.2) is 18.2 Å². The predicted octanol–water partition coefficient (Wildman–Crippen LogP) is 2.20. The van der Waals surface area contributed by atoms with Gasteiger partial charge in [0.1, 0.15) is 5.82 Å². The molecule has 0 aliphatic heterocycles. The Bertz CT molecular complexity index is 486. The second-order valence-corrected chi connectivity index (χ2v) is 4.22. The third-order valence-electron chi connectivity index (χ3n) is 2.90. The minimum Gasteiger partial charge on any atom is -0.478 e. The lowest BCUT2D eigenvalue weighted by Crippen LogP contribution is -2.42. The van der Waals surface area contributed by atoms with E-state index in [-0.39, 0.29) is 17.3 Å². The maximum absolute atomic E-state index is 12.9. The summed E-state index contributed by atoms with van der Waals surface area (Å²) in [5.74, 6) is -1.94. The largest absolute Gasteiger partial charge is 0.478 e. The van der Waals surface area contributed by atoms with E-state index in [1.165, 1.54) is 6.07 Å². The van der Waals surface area contributed by atoms with E-state index in [0.717, 1.165) is 31.4 Å². The third-order valence-corrected chi connectivity index (χ3v) is 2.90. The van der Waals surface area contributed by atoms with Crippen molar-refractivity contribution < 1.29 is 19.1 Å². The fraction of sp³-hybridized carbons (Fsp3) is 0.333. The number of amides is 2. The zero-order valence-electron chi connectivity index (χ0n) is 9.57. The first-order valence-corrected chi connectivity index (χ1v) is 5.66. The average molecular weight is 252 g/mol. The van der Waals surface area contributed by atoms with Crippen molar-refractivity contribution in [3.05, 3.63) is 29.6 Å². The molecule has 0 radical (unpaired) electrons. The molecule has 1 aliphatic carbocycles. The molecule has 2 rings (SSSR count). The van der Waals surface area contributed by atoms with Gasteiger partial charge in [-0.15, -0.1) is 0 Å². The van der Waals surface area contributed by atoms with Gasteiger partial charge in [0.15, 0.2) is 0 Å². The van der Waals surface area contributed by atoms with Gasteiger partial charge in [0, 0.05) is 6.04 Å². The summed E-state index contributed by atoms with van der Waals surface area (Å²) in [6.45, 7) is 0. The maximum Gasteiger partial charge on any atom is 0.337 e. The smallest absolute Gasteiger partial charge is 0.337 e. The number of anilines is 1. The first-order chi connectivity index (χ1) is 8.56. The zero-order valence-corrected chi connectivity index (χ0v) is 9.57. The van der Waals surface area contributed by atoms with Crippen LogP contribution in [0.3, 0.4) is 0 Å². The Morgan fingerprint density at radius 1 is 1.33 bits per heavy atom. The molecule has 0 bridgehead atoms. The molecule has 96 valence electrons. The Labute approximate surface area is 103 Å². The van der Waals surface area contributed by atoms with Gasteiger partial charge in [0.05, 0.1) is 11.3 Å². The summed E-state index contributed by atoms with van der Waals surface area (Å²) in [5.41, 5.74) is -0.181. The lowest BCUT2D eigenvalue weighted by molar-refractivity contribution is 0.0697. The first kappa shape index (κ1) is 12.3. The van der Waals surface area contributed by atoms with E-state index in [1.807, 2.05) is 0 Å². The summed E-state index contributed by atoms with van der Waals surface area (Å²) in [5, 5.41) is 14.0. The van der Waals surface area contributed by atoms with Crippen molar-refractivity contribution in [1.82, 2.24) is 5.32 Å². The molecule has 0 heterocycles. The fourth-order valence-electron chi connectivity index (χ4n) is 1.70. The quantitative estimate of drug-likeness (QED) is 0.771. The van der Waals surface area contributed by atoms with Crippen LogP contribution in [0.2, 0.25) is 0 Å². The van der Waals surface area contributed by atoms with Crippen molar-refractivity contribution in [1.29, 1.82) is 0 Å². The first-order valence-electron chi connectivity index (χ1n) is 5.66. The minimum atomic E-state index is -1.28. The lowest BCUT2D eigenvalue weighted by atomic mass is 9.93. The number of benzene rings is 1. The number of hydrogen-bond acceptors (Lipinski definition) is 2. The summed E-state index contributed by atoms with van der Waals surface area (Å²) in [4.78, 5) is 22.5. The van der Waals surface area contributed by atoms with Gasteiger partial charge in [-0.25, -0.2) is 14.0 Å². The topological polar surface area (TPSA) is 78.4 Å². The predicted molar refractivity (Wildman–Crippen MR) is 63.2 cm³/mol. The molecule has 0 spiro atoms. The monoisotopic (exact) mass is 252 g/mol. The van der Waals surface area contributed by atoms with Crippen LogP contribution in [-0.2, 0) is 0 Å². The molecule has 0 unspecified atom stereocenters. The maximum atomic E-state index is 12.9. The molecule has 0 saturated heterocycles. The van der Waals surface area contributed by atoms with Crippen LogP contribution in [0.1, 0.15) is 29.6 Å². The van der Waals surface area contributed by atoms with Crippen LogP contribution in [0.25, 0.3) is 0 Å². The normalized spacial score (nSPS) is 14.7. The van der Waals surface area contributed by atoms with Gasteiger partial charge in [-0.1, -0.05) is 0 Å². The summed E-state index contributed by atoms with van der Waals surface area (Å²) in [6, 6.07) is 2.90. The highest BCUT2D eigenvalue weighted by Gasteiger charge is 2.20.